The first-order chi connectivity index (χ1) is 7.60. The third kappa shape index (κ3) is 2.82. The number of hydrogen-bond donors (Lipinski definition) is 0. The molecule has 5 heteroatoms. The van der Waals surface area contributed by atoms with E-state index in [4.69, 9.17) is 4.84 Å². The summed E-state index contributed by atoms with van der Waals surface area (Å²) in [6.07, 6.45) is 2.68. The molecule has 16 heavy (non-hydrogen) atoms. The van der Waals surface area contributed by atoms with Crippen LogP contribution in [0, 0.1) is 5.92 Å². The molecule has 0 bridgehead atoms. The summed E-state index contributed by atoms with van der Waals surface area (Å²) in [5, 5.41) is 1.25. The van der Waals surface area contributed by atoms with Gasteiger partial charge in [0.25, 0.3) is 0 Å². The minimum atomic E-state index is -0.0639. The van der Waals surface area contributed by atoms with Crippen LogP contribution in [0.4, 0.5) is 0 Å². The molecule has 0 atom stereocenters. The Morgan fingerprint density at radius 2 is 2.00 bits per heavy atom. The Hall–Kier alpha value is -1.36. The van der Waals surface area contributed by atoms with Crippen molar-refractivity contribution in [2.24, 2.45) is 5.92 Å². The van der Waals surface area contributed by atoms with Gasteiger partial charge in [-0.05, 0) is 18.9 Å². The van der Waals surface area contributed by atoms with Crippen molar-refractivity contribution in [3.8, 4) is 0 Å². The number of carbonyl (C=O) groups excluding carboxylic acids is 2. The molecule has 0 unspecified atom stereocenters. The van der Waals surface area contributed by atoms with Crippen molar-refractivity contribution in [1.82, 2.24) is 9.96 Å². The molecular weight excluding hydrogens is 208 g/mol. The maximum atomic E-state index is 11.8. The van der Waals surface area contributed by atoms with Crippen LogP contribution in [0.25, 0.3) is 0 Å². The Morgan fingerprint density at radius 3 is 2.44 bits per heavy atom. The summed E-state index contributed by atoms with van der Waals surface area (Å²) in [4.78, 5) is 29.6. The van der Waals surface area contributed by atoms with E-state index < -0.39 is 0 Å². The monoisotopic (exact) mass is 226 g/mol. The van der Waals surface area contributed by atoms with Crippen molar-refractivity contribution < 1.29 is 14.4 Å². The van der Waals surface area contributed by atoms with Gasteiger partial charge < -0.3 is 4.90 Å². The van der Waals surface area contributed by atoms with Crippen LogP contribution in [0.5, 0.6) is 0 Å². The Labute approximate surface area is 95.6 Å². The largest absolute Gasteiger partial charge is 0.339 e. The number of rotatable bonds is 3. The fraction of sp³-hybridized carbons (Fsp3) is 0.636. The summed E-state index contributed by atoms with van der Waals surface area (Å²) >= 11 is 0. The van der Waals surface area contributed by atoms with Gasteiger partial charge in [-0.3, -0.25) is 14.4 Å². The van der Waals surface area contributed by atoms with Crippen molar-refractivity contribution in [3.05, 3.63) is 12.7 Å². The maximum Gasteiger partial charge on any atom is 0.249 e. The third-order valence-electron chi connectivity index (χ3n) is 2.91. The van der Waals surface area contributed by atoms with E-state index in [1.54, 1.807) is 11.9 Å². The average Bonchev–Trinajstić information content (AvgIpc) is 2.36. The zero-order valence-electron chi connectivity index (χ0n) is 9.81. The van der Waals surface area contributed by atoms with Crippen LogP contribution >= 0.6 is 0 Å². The van der Waals surface area contributed by atoms with E-state index in [1.165, 1.54) is 18.2 Å². The molecule has 0 aromatic heterocycles. The molecule has 1 rings (SSSR count). The van der Waals surface area contributed by atoms with Crippen LogP contribution < -0.4 is 0 Å². The second kappa shape index (κ2) is 5.65. The first-order valence-electron chi connectivity index (χ1n) is 5.33. The maximum absolute atomic E-state index is 11.8. The molecule has 5 nitrogen and oxygen atoms in total. The summed E-state index contributed by atoms with van der Waals surface area (Å²) in [5.74, 6) is -0.127. The lowest BCUT2D eigenvalue weighted by Crippen LogP contribution is -2.42. The zero-order chi connectivity index (χ0) is 12.1. The molecule has 90 valence electrons. The zero-order valence-corrected chi connectivity index (χ0v) is 9.81. The number of carbonyl (C=O) groups is 2. The van der Waals surface area contributed by atoms with Crippen molar-refractivity contribution in [2.75, 3.05) is 27.2 Å². The van der Waals surface area contributed by atoms with Gasteiger partial charge in [0.1, 0.15) is 0 Å². The van der Waals surface area contributed by atoms with E-state index in [0.29, 0.717) is 25.9 Å². The fourth-order valence-electron chi connectivity index (χ4n) is 1.82. The Morgan fingerprint density at radius 1 is 1.44 bits per heavy atom. The van der Waals surface area contributed by atoms with Gasteiger partial charge in [0.15, 0.2) is 0 Å². The average molecular weight is 226 g/mol. The second-order valence-electron chi connectivity index (χ2n) is 3.82. The highest BCUT2D eigenvalue weighted by atomic mass is 16.7. The standard InChI is InChI=1S/C11H18N2O3/c1-4-10(14)13-7-5-9(6-8-13)11(15)12(2)16-3/h4,9H,1,5-8H2,2-3H3. The summed E-state index contributed by atoms with van der Waals surface area (Å²) in [6, 6.07) is 0. The molecule has 0 aromatic rings. The molecule has 1 aliphatic rings. The van der Waals surface area contributed by atoms with E-state index >= 15 is 0 Å². The Bertz CT molecular complexity index is 283. The predicted molar refractivity (Wildman–Crippen MR) is 59.3 cm³/mol. The first kappa shape index (κ1) is 12.7. The number of hydrogen-bond acceptors (Lipinski definition) is 3. The highest BCUT2D eigenvalue weighted by molar-refractivity contribution is 5.87. The minimum Gasteiger partial charge on any atom is -0.339 e. The van der Waals surface area contributed by atoms with Gasteiger partial charge in [-0.1, -0.05) is 6.58 Å². The van der Waals surface area contributed by atoms with Gasteiger partial charge in [-0.2, -0.15) is 0 Å². The lowest BCUT2D eigenvalue weighted by atomic mass is 9.96. The summed E-state index contributed by atoms with van der Waals surface area (Å²) in [5.41, 5.74) is 0. The molecule has 1 fully saturated rings. The molecule has 1 aliphatic heterocycles. The molecule has 1 heterocycles. The molecule has 0 N–H and O–H groups in total. The Balaban J connectivity index is 2.46. The van der Waals surface area contributed by atoms with Crippen LogP contribution in [0.15, 0.2) is 12.7 Å². The van der Waals surface area contributed by atoms with Crippen molar-refractivity contribution in [3.63, 3.8) is 0 Å². The molecule has 1 saturated heterocycles. The van der Waals surface area contributed by atoms with Crippen LogP contribution in [0.2, 0.25) is 0 Å². The lowest BCUT2D eigenvalue weighted by Gasteiger charge is -2.31. The Kier molecular flexibility index (Phi) is 4.49. The highest BCUT2D eigenvalue weighted by Gasteiger charge is 2.28. The SMILES string of the molecule is C=CC(=O)N1CCC(C(=O)N(C)OC)CC1. The van der Waals surface area contributed by atoms with Crippen molar-refractivity contribution in [1.29, 1.82) is 0 Å². The van der Waals surface area contributed by atoms with Gasteiger partial charge in [0, 0.05) is 26.1 Å². The van der Waals surface area contributed by atoms with Crippen molar-refractivity contribution >= 4 is 11.8 Å². The van der Waals surface area contributed by atoms with E-state index in [9.17, 15) is 9.59 Å². The number of hydroxylamine groups is 2. The molecule has 0 radical (unpaired) electrons. The van der Waals surface area contributed by atoms with Gasteiger partial charge in [0.2, 0.25) is 11.8 Å². The summed E-state index contributed by atoms with van der Waals surface area (Å²) < 4.78 is 0. The second-order valence-corrected chi connectivity index (χ2v) is 3.82. The molecule has 0 spiro atoms. The fourth-order valence-corrected chi connectivity index (χ4v) is 1.82. The van der Waals surface area contributed by atoms with Crippen LogP contribution in [-0.2, 0) is 14.4 Å². The number of amides is 2. The topological polar surface area (TPSA) is 49.9 Å². The van der Waals surface area contributed by atoms with Crippen LogP contribution in [-0.4, -0.2) is 49.0 Å². The normalized spacial score (nSPS) is 17.0. The van der Waals surface area contributed by atoms with E-state index in [1.807, 2.05) is 0 Å². The van der Waals surface area contributed by atoms with Gasteiger partial charge in [-0.15, -0.1) is 0 Å². The number of likely N-dealkylation sites (tertiary alicyclic amines) is 1. The quantitative estimate of drug-likeness (QED) is 0.518. The minimum absolute atomic E-state index is 0.0202. The first-order valence-corrected chi connectivity index (χ1v) is 5.33. The van der Waals surface area contributed by atoms with Crippen LogP contribution in [0.1, 0.15) is 12.8 Å². The van der Waals surface area contributed by atoms with E-state index in [0.717, 1.165) is 0 Å². The van der Waals surface area contributed by atoms with Crippen molar-refractivity contribution in [2.45, 2.75) is 12.8 Å². The molecule has 0 aliphatic carbocycles. The van der Waals surface area contributed by atoms with Gasteiger partial charge >= 0.3 is 0 Å². The van der Waals surface area contributed by atoms with Gasteiger partial charge in [0.05, 0.1) is 7.11 Å². The third-order valence-corrected chi connectivity index (χ3v) is 2.91. The lowest BCUT2D eigenvalue weighted by molar-refractivity contribution is -0.175. The molecule has 0 saturated carbocycles. The van der Waals surface area contributed by atoms with E-state index in [2.05, 4.69) is 6.58 Å². The molecule has 2 amide bonds. The number of nitrogens with zero attached hydrogens (tertiary/aromatic N) is 2. The van der Waals surface area contributed by atoms with Gasteiger partial charge in [-0.25, -0.2) is 5.06 Å². The van der Waals surface area contributed by atoms with Crippen LogP contribution in [0.3, 0.4) is 0 Å². The smallest absolute Gasteiger partial charge is 0.249 e. The number of piperidine rings is 1. The molecular formula is C11H18N2O3. The molecule has 0 aromatic carbocycles. The van der Waals surface area contributed by atoms with E-state index in [-0.39, 0.29) is 17.7 Å². The predicted octanol–water partition coefficient (Wildman–Crippen LogP) is 0.431. The summed E-state index contributed by atoms with van der Waals surface area (Å²) in [6.45, 7) is 4.66. The highest BCUT2D eigenvalue weighted by Crippen LogP contribution is 2.19. The summed E-state index contributed by atoms with van der Waals surface area (Å²) in [7, 11) is 3.07.